The molecule has 1 aromatic rings. The summed E-state index contributed by atoms with van der Waals surface area (Å²) in [6.07, 6.45) is 1.34. The van der Waals surface area contributed by atoms with Gasteiger partial charge in [0.15, 0.2) is 0 Å². The van der Waals surface area contributed by atoms with Crippen LogP contribution in [0, 0.1) is 0 Å². The number of rotatable bonds is 9. The first kappa shape index (κ1) is 16.5. The van der Waals surface area contributed by atoms with Crippen LogP contribution in [0.15, 0.2) is 24.3 Å². The van der Waals surface area contributed by atoms with Crippen LogP contribution in [0.4, 0.5) is 5.69 Å². The van der Waals surface area contributed by atoms with E-state index < -0.39 is 0 Å². The Morgan fingerprint density at radius 1 is 1.30 bits per heavy atom. The van der Waals surface area contributed by atoms with Gasteiger partial charge in [-0.1, -0.05) is 12.1 Å². The number of nitrogens with zero attached hydrogens (tertiary/aromatic N) is 1. The molecule has 3 N–H and O–H groups in total. The zero-order valence-electron chi connectivity index (χ0n) is 12.4. The van der Waals surface area contributed by atoms with E-state index in [-0.39, 0.29) is 5.91 Å². The Hall–Kier alpha value is -1.59. The summed E-state index contributed by atoms with van der Waals surface area (Å²) in [6.45, 7) is 3.30. The number of nitrogens with two attached hydrogens (primary N) is 1. The van der Waals surface area contributed by atoms with Crippen molar-refractivity contribution in [2.45, 2.75) is 12.8 Å². The number of anilines is 1. The van der Waals surface area contributed by atoms with Gasteiger partial charge >= 0.3 is 0 Å². The van der Waals surface area contributed by atoms with Gasteiger partial charge in [0.25, 0.3) is 0 Å². The number of methoxy groups -OCH3 is 1. The standard InChI is InChI=1S/C15H25N3O2/c1-18(10-11-20-2)9-3-8-17-15(19)12-13-4-6-14(16)7-5-13/h4-7H,3,8-12,16H2,1-2H3,(H,17,19). The fraction of sp³-hybridized carbons (Fsp3) is 0.533. The van der Waals surface area contributed by atoms with E-state index in [1.807, 2.05) is 24.3 Å². The summed E-state index contributed by atoms with van der Waals surface area (Å²) < 4.78 is 5.01. The lowest BCUT2D eigenvalue weighted by Gasteiger charge is -2.15. The molecule has 0 saturated heterocycles. The lowest BCUT2D eigenvalue weighted by Crippen LogP contribution is -2.30. The summed E-state index contributed by atoms with van der Waals surface area (Å²) in [5, 5.41) is 2.93. The molecule has 1 amide bonds. The molecule has 0 heterocycles. The van der Waals surface area contributed by atoms with Crippen LogP contribution < -0.4 is 11.1 Å². The molecule has 0 unspecified atom stereocenters. The lowest BCUT2D eigenvalue weighted by molar-refractivity contribution is -0.120. The Labute approximate surface area is 121 Å². The Balaban J connectivity index is 2.12. The van der Waals surface area contributed by atoms with E-state index in [1.165, 1.54) is 0 Å². The van der Waals surface area contributed by atoms with Crippen molar-refractivity contribution >= 4 is 11.6 Å². The highest BCUT2D eigenvalue weighted by molar-refractivity contribution is 5.78. The first-order valence-corrected chi connectivity index (χ1v) is 6.90. The number of hydrogen-bond donors (Lipinski definition) is 2. The van der Waals surface area contributed by atoms with Gasteiger partial charge in [-0.2, -0.15) is 0 Å². The van der Waals surface area contributed by atoms with Gasteiger partial charge in [-0.25, -0.2) is 0 Å². The molecule has 1 rings (SSSR count). The van der Waals surface area contributed by atoms with Gasteiger partial charge in [-0.15, -0.1) is 0 Å². The number of likely N-dealkylation sites (N-methyl/N-ethyl adjacent to an activating group) is 1. The SMILES string of the molecule is COCCN(C)CCCNC(=O)Cc1ccc(N)cc1. The van der Waals surface area contributed by atoms with Gasteiger partial charge < -0.3 is 20.7 Å². The van der Waals surface area contributed by atoms with Crippen molar-refractivity contribution in [1.82, 2.24) is 10.2 Å². The molecule has 0 radical (unpaired) electrons. The number of carbonyl (C=O) groups is 1. The maximum absolute atomic E-state index is 11.7. The highest BCUT2D eigenvalue weighted by atomic mass is 16.5. The van der Waals surface area contributed by atoms with Crippen molar-refractivity contribution in [3.05, 3.63) is 29.8 Å². The zero-order chi connectivity index (χ0) is 14.8. The van der Waals surface area contributed by atoms with Gasteiger partial charge in [-0.3, -0.25) is 4.79 Å². The van der Waals surface area contributed by atoms with E-state index >= 15 is 0 Å². The largest absolute Gasteiger partial charge is 0.399 e. The summed E-state index contributed by atoms with van der Waals surface area (Å²) >= 11 is 0. The molecule has 0 aliphatic heterocycles. The monoisotopic (exact) mass is 279 g/mol. The number of carbonyl (C=O) groups excluding carboxylic acids is 1. The van der Waals surface area contributed by atoms with Crippen LogP contribution >= 0.6 is 0 Å². The predicted molar refractivity (Wildman–Crippen MR) is 81.6 cm³/mol. The maximum Gasteiger partial charge on any atom is 0.224 e. The molecule has 5 nitrogen and oxygen atoms in total. The third-order valence-corrected chi connectivity index (χ3v) is 3.06. The van der Waals surface area contributed by atoms with Gasteiger partial charge in [0, 0.05) is 25.9 Å². The average Bonchev–Trinajstić information content (AvgIpc) is 2.44. The second kappa shape index (κ2) is 9.34. The summed E-state index contributed by atoms with van der Waals surface area (Å²) in [4.78, 5) is 13.9. The first-order valence-electron chi connectivity index (χ1n) is 6.90. The smallest absolute Gasteiger partial charge is 0.224 e. The number of nitrogen functional groups attached to an aromatic ring is 1. The van der Waals surface area contributed by atoms with Crippen molar-refractivity contribution in [3.63, 3.8) is 0 Å². The number of ether oxygens (including phenoxy) is 1. The summed E-state index contributed by atoms with van der Waals surface area (Å²) in [5.74, 6) is 0.0503. The van der Waals surface area contributed by atoms with Crippen molar-refractivity contribution in [2.24, 2.45) is 0 Å². The Morgan fingerprint density at radius 3 is 2.65 bits per heavy atom. The Kier molecular flexibility index (Phi) is 7.69. The summed E-state index contributed by atoms with van der Waals surface area (Å²) in [6, 6.07) is 7.39. The van der Waals surface area contributed by atoms with Crippen molar-refractivity contribution in [1.29, 1.82) is 0 Å². The molecule has 20 heavy (non-hydrogen) atoms. The van der Waals surface area contributed by atoms with E-state index in [4.69, 9.17) is 10.5 Å². The molecule has 0 fully saturated rings. The van der Waals surface area contributed by atoms with E-state index in [1.54, 1.807) is 7.11 Å². The van der Waals surface area contributed by atoms with Crippen LogP contribution in [0.5, 0.6) is 0 Å². The predicted octanol–water partition coefficient (Wildman–Crippen LogP) is 0.896. The quantitative estimate of drug-likeness (QED) is 0.520. The van der Waals surface area contributed by atoms with Crippen molar-refractivity contribution < 1.29 is 9.53 Å². The lowest BCUT2D eigenvalue weighted by atomic mass is 10.1. The highest BCUT2D eigenvalue weighted by Crippen LogP contribution is 2.05. The fourth-order valence-corrected chi connectivity index (χ4v) is 1.82. The van der Waals surface area contributed by atoms with Gasteiger partial charge in [-0.05, 0) is 37.7 Å². The first-order chi connectivity index (χ1) is 9.61. The van der Waals surface area contributed by atoms with Crippen LogP contribution in [0.1, 0.15) is 12.0 Å². The molecule has 0 spiro atoms. The molecule has 0 aromatic heterocycles. The molecule has 1 aromatic carbocycles. The summed E-state index contributed by atoms with van der Waals surface area (Å²) in [7, 11) is 3.75. The summed E-state index contributed by atoms with van der Waals surface area (Å²) in [5.41, 5.74) is 7.30. The van der Waals surface area contributed by atoms with Crippen LogP contribution in [-0.2, 0) is 16.0 Å². The molecule has 0 saturated carbocycles. The minimum absolute atomic E-state index is 0.0503. The Bertz CT molecular complexity index is 393. The fourth-order valence-electron chi connectivity index (χ4n) is 1.82. The molecule has 0 atom stereocenters. The van der Waals surface area contributed by atoms with Crippen LogP contribution in [0.25, 0.3) is 0 Å². The van der Waals surface area contributed by atoms with Gasteiger partial charge in [0.05, 0.1) is 13.0 Å². The molecular weight excluding hydrogens is 254 g/mol. The van der Waals surface area contributed by atoms with Gasteiger partial charge in [0.1, 0.15) is 0 Å². The average molecular weight is 279 g/mol. The second-order valence-electron chi connectivity index (χ2n) is 4.92. The second-order valence-corrected chi connectivity index (χ2v) is 4.92. The third kappa shape index (κ3) is 7.11. The van der Waals surface area contributed by atoms with E-state index in [0.717, 1.165) is 31.7 Å². The molecule has 5 heteroatoms. The number of amides is 1. The number of nitrogens with one attached hydrogen (secondary N) is 1. The van der Waals surface area contributed by atoms with Crippen LogP contribution in [-0.4, -0.2) is 51.2 Å². The molecule has 0 bridgehead atoms. The van der Waals surface area contributed by atoms with Crippen molar-refractivity contribution in [3.8, 4) is 0 Å². The van der Waals surface area contributed by atoms with Crippen molar-refractivity contribution in [2.75, 3.05) is 46.1 Å². The van der Waals surface area contributed by atoms with Crippen LogP contribution in [0.2, 0.25) is 0 Å². The third-order valence-electron chi connectivity index (χ3n) is 3.06. The van der Waals surface area contributed by atoms with E-state index in [9.17, 15) is 4.79 Å². The Morgan fingerprint density at radius 2 is 2.00 bits per heavy atom. The highest BCUT2D eigenvalue weighted by Gasteiger charge is 2.03. The normalized spacial score (nSPS) is 10.8. The van der Waals surface area contributed by atoms with E-state index in [0.29, 0.717) is 18.7 Å². The minimum Gasteiger partial charge on any atom is -0.399 e. The number of hydrogen-bond acceptors (Lipinski definition) is 4. The molecular formula is C15H25N3O2. The maximum atomic E-state index is 11.7. The van der Waals surface area contributed by atoms with Gasteiger partial charge in [0.2, 0.25) is 5.91 Å². The molecule has 0 aliphatic carbocycles. The van der Waals surface area contributed by atoms with E-state index in [2.05, 4.69) is 17.3 Å². The molecule has 0 aliphatic rings. The topological polar surface area (TPSA) is 67.6 Å². The minimum atomic E-state index is 0.0503. The zero-order valence-corrected chi connectivity index (χ0v) is 12.4. The van der Waals surface area contributed by atoms with Crippen LogP contribution in [0.3, 0.4) is 0 Å². The number of benzene rings is 1. The molecule has 112 valence electrons.